The van der Waals surface area contributed by atoms with Gasteiger partial charge < -0.3 is 5.73 Å². The third kappa shape index (κ3) is 1.76. The van der Waals surface area contributed by atoms with E-state index >= 15 is 0 Å². The van der Waals surface area contributed by atoms with Crippen molar-refractivity contribution in [2.75, 3.05) is 5.73 Å². The maximum Gasteiger partial charge on any atom is 0.129 e. The maximum absolute atomic E-state index is 5.83. The van der Waals surface area contributed by atoms with E-state index in [-0.39, 0.29) is 0 Å². The van der Waals surface area contributed by atoms with Gasteiger partial charge in [-0.15, -0.1) is 10.2 Å². The molecule has 0 radical (unpaired) electrons. The molecule has 0 aliphatic carbocycles. The van der Waals surface area contributed by atoms with Gasteiger partial charge in [0.15, 0.2) is 0 Å². The number of halogens is 1. The number of benzene rings is 2. The van der Waals surface area contributed by atoms with E-state index in [4.69, 9.17) is 5.73 Å². The van der Waals surface area contributed by atoms with Crippen LogP contribution >= 0.6 is 15.9 Å². The number of anilines is 1. The Bertz CT molecular complexity index is 716. The topological polar surface area (TPSA) is 56.7 Å². The average molecular weight is 303 g/mol. The van der Waals surface area contributed by atoms with Crippen molar-refractivity contribution >= 4 is 32.7 Å². The standard InChI is InChI=1S/C13H11BrN4/c1-8-2-4-9(5-3-8)18-16-11-7-6-10(15)12(14)13(11)17-18/h2-7H,15H2,1H3. The largest absolute Gasteiger partial charge is 0.398 e. The van der Waals surface area contributed by atoms with Crippen molar-refractivity contribution in [3.05, 3.63) is 46.4 Å². The Balaban J connectivity index is 2.19. The number of aryl methyl sites for hydroxylation is 1. The molecule has 0 amide bonds. The summed E-state index contributed by atoms with van der Waals surface area (Å²) in [6.07, 6.45) is 0. The lowest BCUT2D eigenvalue weighted by Gasteiger charge is -1.98. The van der Waals surface area contributed by atoms with Crippen molar-refractivity contribution in [2.24, 2.45) is 0 Å². The van der Waals surface area contributed by atoms with Crippen LogP contribution in [0.25, 0.3) is 16.7 Å². The highest BCUT2D eigenvalue weighted by Crippen LogP contribution is 2.27. The summed E-state index contributed by atoms with van der Waals surface area (Å²) in [4.78, 5) is 1.62. The van der Waals surface area contributed by atoms with Crippen LogP contribution in [0, 0.1) is 6.92 Å². The van der Waals surface area contributed by atoms with E-state index in [2.05, 4.69) is 26.1 Å². The lowest BCUT2D eigenvalue weighted by atomic mass is 10.2. The molecule has 2 N–H and O–H groups in total. The Kier molecular flexibility index (Phi) is 2.56. The highest BCUT2D eigenvalue weighted by Gasteiger charge is 2.09. The molecule has 18 heavy (non-hydrogen) atoms. The lowest BCUT2D eigenvalue weighted by Crippen LogP contribution is -1.97. The molecule has 90 valence electrons. The van der Waals surface area contributed by atoms with Gasteiger partial charge in [-0.1, -0.05) is 17.7 Å². The molecule has 0 saturated carbocycles. The fourth-order valence-electron chi connectivity index (χ4n) is 1.76. The fraction of sp³-hybridized carbons (Fsp3) is 0.0769. The summed E-state index contributed by atoms with van der Waals surface area (Å²) in [6, 6.07) is 11.7. The van der Waals surface area contributed by atoms with Crippen LogP contribution in [0.1, 0.15) is 5.56 Å². The first kappa shape index (κ1) is 11.2. The van der Waals surface area contributed by atoms with Gasteiger partial charge in [0.05, 0.1) is 10.2 Å². The molecule has 0 aliphatic rings. The molecule has 5 heteroatoms. The monoisotopic (exact) mass is 302 g/mol. The molecule has 0 spiro atoms. The molecule has 3 aromatic rings. The molecule has 1 aromatic heterocycles. The minimum atomic E-state index is 0.665. The maximum atomic E-state index is 5.83. The van der Waals surface area contributed by atoms with Gasteiger partial charge >= 0.3 is 0 Å². The van der Waals surface area contributed by atoms with Gasteiger partial charge in [0, 0.05) is 5.69 Å². The van der Waals surface area contributed by atoms with E-state index in [1.807, 2.05) is 43.3 Å². The Morgan fingerprint density at radius 2 is 1.78 bits per heavy atom. The van der Waals surface area contributed by atoms with Gasteiger partial charge in [0.1, 0.15) is 11.0 Å². The van der Waals surface area contributed by atoms with E-state index < -0.39 is 0 Å². The SMILES string of the molecule is Cc1ccc(-n2nc3ccc(N)c(Br)c3n2)cc1. The number of nitrogen functional groups attached to an aromatic ring is 1. The smallest absolute Gasteiger partial charge is 0.129 e. The van der Waals surface area contributed by atoms with Crippen LogP contribution < -0.4 is 5.73 Å². The fourth-order valence-corrected chi connectivity index (χ4v) is 2.17. The number of nitrogens with two attached hydrogens (primary N) is 1. The Hall–Kier alpha value is -1.88. The Morgan fingerprint density at radius 3 is 2.50 bits per heavy atom. The van der Waals surface area contributed by atoms with Crippen molar-refractivity contribution in [3.8, 4) is 5.69 Å². The first-order valence-corrected chi connectivity index (χ1v) is 6.32. The average Bonchev–Trinajstić information content (AvgIpc) is 2.80. The minimum Gasteiger partial charge on any atom is -0.398 e. The van der Waals surface area contributed by atoms with E-state index in [1.165, 1.54) is 5.56 Å². The highest BCUT2D eigenvalue weighted by molar-refractivity contribution is 9.10. The molecule has 0 aliphatic heterocycles. The van der Waals surface area contributed by atoms with Crippen molar-refractivity contribution < 1.29 is 0 Å². The molecule has 0 unspecified atom stereocenters. The van der Waals surface area contributed by atoms with Crippen LogP contribution in [0.2, 0.25) is 0 Å². The van der Waals surface area contributed by atoms with E-state index in [0.717, 1.165) is 21.2 Å². The molecular formula is C13H11BrN4. The van der Waals surface area contributed by atoms with Gasteiger partial charge in [-0.3, -0.25) is 0 Å². The third-order valence-electron chi connectivity index (χ3n) is 2.79. The zero-order valence-corrected chi connectivity index (χ0v) is 11.3. The zero-order chi connectivity index (χ0) is 12.7. The van der Waals surface area contributed by atoms with Crippen LogP contribution in [0.5, 0.6) is 0 Å². The normalized spacial score (nSPS) is 11.0. The molecule has 4 nitrogen and oxygen atoms in total. The summed E-state index contributed by atoms with van der Waals surface area (Å²) in [5, 5.41) is 8.89. The van der Waals surface area contributed by atoms with E-state index in [1.54, 1.807) is 4.80 Å². The number of rotatable bonds is 1. The molecule has 2 aromatic carbocycles. The van der Waals surface area contributed by atoms with Gasteiger partial charge in [0.2, 0.25) is 0 Å². The van der Waals surface area contributed by atoms with Crippen LogP contribution in [-0.4, -0.2) is 15.0 Å². The van der Waals surface area contributed by atoms with Crippen LogP contribution in [0.4, 0.5) is 5.69 Å². The predicted molar refractivity (Wildman–Crippen MR) is 75.7 cm³/mol. The van der Waals surface area contributed by atoms with E-state index in [0.29, 0.717) is 5.69 Å². The van der Waals surface area contributed by atoms with Crippen LogP contribution in [-0.2, 0) is 0 Å². The Morgan fingerprint density at radius 1 is 1.06 bits per heavy atom. The molecular weight excluding hydrogens is 292 g/mol. The van der Waals surface area contributed by atoms with Crippen molar-refractivity contribution in [1.29, 1.82) is 0 Å². The minimum absolute atomic E-state index is 0.665. The lowest BCUT2D eigenvalue weighted by molar-refractivity contribution is 0.765. The number of hydrogen-bond donors (Lipinski definition) is 1. The number of hydrogen-bond acceptors (Lipinski definition) is 3. The van der Waals surface area contributed by atoms with Gasteiger partial charge in [-0.25, -0.2) is 0 Å². The molecule has 3 rings (SSSR count). The van der Waals surface area contributed by atoms with Gasteiger partial charge in [0.25, 0.3) is 0 Å². The first-order chi connectivity index (χ1) is 8.65. The summed E-state index contributed by atoms with van der Waals surface area (Å²) in [5.74, 6) is 0. The van der Waals surface area contributed by atoms with Crippen molar-refractivity contribution in [2.45, 2.75) is 6.92 Å². The Labute approximate surface area is 113 Å². The third-order valence-corrected chi connectivity index (χ3v) is 3.62. The highest BCUT2D eigenvalue weighted by atomic mass is 79.9. The molecule has 0 bridgehead atoms. The van der Waals surface area contributed by atoms with Gasteiger partial charge in [-0.2, -0.15) is 4.80 Å². The van der Waals surface area contributed by atoms with Crippen LogP contribution in [0.3, 0.4) is 0 Å². The van der Waals surface area contributed by atoms with Gasteiger partial charge in [-0.05, 0) is 47.1 Å². The second kappa shape index (κ2) is 4.10. The summed E-state index contributed by atoms with van der Waals surface area (Å²) in [5.41, 5.74) is 10.2. The predicted octanol–water partition coefficient (Wildman–Crippen LogP) is 3.07. The summed E-state index contributed by atoms with van der Waals surface area (Å²) in [6.45, 7) is 2.05. The number of nitrogens with zero attached hydrogens (tertiary/aromatic N) is 3. The molecule has 0 saturated heterocycles. The summed E-state index contributed by atoms with van der Waals surface area (Å²) < 4.78 is 0.790. The second-order valence-corrected chi connectivity index (χ2v) is 4.95. The number of fused-ring (bicyclic) bond motifs is 1. The second-order valence-electron chi connectivity index (χ2n) is 4.16. The summed E-state index contributed by atoms with van der Waals surface area (Å²) >= 11 is 3.44. The molecule has 1 heterocycles. The number of aromatic nitrogens is 3. The quantitative estimate of drug-likeness (QED) is 0.703. The first-order valence-electron chi connectivity index (χ1n) is 5.53. The molecule has 0 fully saturated rings. The van der Waals surface area contributed by atoms with Crippen molar-refractivity contribution in [3.63, 3.8) is 0 Å². The van der Waals surface area contributed by atoms with Crippen LogP contribution in [0.15, 0.2) is 40.9 Å². The van der Waals surface area contributed by atoms with E-state index in [9.17, 15) is 0 Å². The zero-order valence-electron chi connectivity index (χ0n) is 9.76. The molecule has 0 atom stereocenters. The van der Waals surface area contributed by atoms with Crippen molar-refractivity contribution in [1.82, 2.24) is 15.0 Å². The summed E-state index contributed by atoms with van der Waals surface area (Å²) in [7, 11) is 0.